The quantitative estimate of drug-likeness (QED) is 0.166. The number of rotatable bonds is 6. The highest BCUT2D eigenvalue weighted by molar-refractivity contribution is 5.95. The topological polar surface area (TPSA) is 3.24 Å². The lowest BCUT2D eigenvalue weighted by Crippen LogP contribution is -2.17. The fraction of sp³-hybridized carbons (Fsp3) is 0.111. The van der Waals surface area contributed by atoms with E-state index in [0.717, 1.165) is 17.1 Å². The van der Waals surface area contributed by atoms with E-state index in [1.54, 1.807) is 0 Å². The molecule has 0 aromatic heterocycles. The third kappa shape index (κ3) is 5.29. The van der Waals surface area contributed by atoms with Crippen molar-refractivity contribution in [2.45, 2.75) is 38.5 Å². The van der Waals surface area contributed by atoms with E-state index in [9.17, 15) is 0 Å². The summed E-state index contributed by atoms with van der Waals surface area (Å²) < 4.78 is 0. The van der Waals surface area contributed by atoms with Crippen LogP contribution in [0.4, 0.5) is 17.1 Å². The van der Waals surface area contributed by atoms with Crippen molar-refractivity contribution in [1.82, 2.24) is 0 Å². The van der Waals surface area contributed by atoms with Gasteiger partial charge in [0.1, 0.15) is 0 Å². The van der Waals surface area contributed by atoms with Crippen molar-refractivity contribution in [1.29, 1.82) is 0 Å². The van der Waals surface area contributed by atoms with Crippen molar-refractivity contribution < 1.29 is 0 Å². The minimum absolute atomic E-state index is 0.102. The Balaban J connectivity index is 1.11. The van der Waals surface area contributed by atoms with Crippen molar-refractivity contribution in [2.75, 3.05) is 4.90 Å². The zero-order valence-electron chi connectivity index (χ0n) is 31.8. The van der Waals surface area contributed by atoms with Crippen LogP contribution in [-0.2, 0) is 10.8 Å². The van der Waals surface area contributed by atoms with Crippen LogP contribution in [0.15, 0.2) is 188 Å². The molecule has 2 aliphatic rings. The van der Waals surface area contributed by atoms with E-state index in [-0.39, 0.29) is 10.8 Å². The molecule has 0 saturated heterocycles. The van der Waals surface area contributed by atoms with Gasteiger partial charge in [-0.15, -0.1) is 0 Å². The maximum Gasteiger partial charge on any atom is 0.0468 e. The van der Waals surface area contributed by atoms with Gasteiger partial charge in [-0.1, -0.05) is 179 Å². The molecule has 264 valence electrons. The molecule has 0 heterocycles. The zero-order chi connectivity index (χ0) is 37.3. The van der Waals surface area contributed by atoms with E-state index in [2.05, 4.69) is 221 Å². The van der Waals surface area contributed by atoms with Crippen LogP contribution in [0, 0.1) is 0 Å². The van der Waals surface area contributed by atoms with Gasteiger partial charge in [0.05, 0.1) is 0 Å². The minimum Gasteiger partial charge on any atom is -0.310 e. The molecule has 0 saturated carbocycles. The fourth-order valence-electron chi connectivity index (χ4n) is 9.36. The molecule has 0 N–H and O–H groups in total. The summed E-state index contributed by atoms with van der Waals surface area (Å²) in [5.41, 5.74) is 21.5. The first kappa shape index (κ1) is 33.2. The molecule has 0 atom stereocenters. The maximum absolute atomic E-state index is 2.46. The average Bonchev–Trinajstić information content (AvgIpc) is 3.61. The molecule has 10 rings (SSSR count). The Morgan fingerprint density at radius 1 is 0.291 bits per heavy atom. The molecule has 0 unspecified atom stereocenters. The summed E-state index contributed by atoms with van der Waals surface area (Å²) in [6.45, 7) is 9.47. The van der Waals surface area contributed by atoms with Crippen LogP contribution in [0.2, 0.25) is 0 Å². The van der Waals surface area contributed by atoms with Gasteiger partial charge in [0.15, 0.2) is 0 Å². The summed E-state index contributed by atoms with van der Waals surface area (Å²) in [4.78, 5) is 2.46. The first-order chi connectivity index (χ1) is 26.8. The number of hydrogen-bond donors (Lipinski definition) is 0. The predicted molar refractivity (Wildman–Crippen MR) is 233 cm³/mol. The predicted octanol–water partition coefficient (Wildman–Crippen LogP) is 14.8. The van der Waals surface area contributed by atoms with E-state index in [1.165, 1.54) is 77.9 Å². The Morgan fingerprint density at radius 3 is 1.44 bits per heavy atom. The van der Waals surface area contributed by atoms with Crippen LogP contribution in [-0.4, -0.2) is 0 Å². The van der Waals surface area contributed by atoms with Crippen LogP contribution < -0.4 is 4.90 Å². The Kier molecular flexibility index (Phi) is 7.58. The van der Waals surface area contributed by atoms with Gasteiger partial charge in [-0.25, -0.2) is 0 Å². The van der Waals surface area contributed by atoms with Gasteiger partial charge in [-0.05, 0) is 114 Å². The van der Waals surface area contributed by atoms with Gasteiger partial charge in [-0.3, -0.25) is 0 Å². The normalized spacial score (nSPS) is 14.1. The molecular formula is C54H43N. The summed E-state index contributed by atoms with van der Waals surface area (Å²) >= 11 is 0. The van der Waals surface area contributed by atoms with E-state index < -0.39 is 0 Å². The van der Waals surface area contributed by atoms with Gasteiger partial charge in [-0.2, -0.15) is 0 Å². The van der Waals surface area contributed by atoms with Crippen molar-refractivity contribution in [3.63, 3.8) is 0 Å². The Bertz CT molecular complexity index is 2720. The Hall–Kier alpha value is -6.44. The molecule has 0 radical (unpaired) electrons. The standard InChI is InChI=1S/C54H43N/c1-53(2)49-33-31-42(34-47(49)52-44(19-13-21-50(52)53)40-16-9-6-10-17-40)55(43-30-32-46-45-18-11-12-20-48(45)54(3,4)51(46)35-43)41-28-26-39(27-29-41)38-24-22-37(23-25-38)36-14-7-5-8-15-36/h5-35H,1-4H3. The third-order valence-electron chi connectivity index (χ3n) is 12.3. The lowest BCUT2D eigenvalue weighted by atomic mass is 9.82. The van der Waals surface area contributed by atoms with Crippen LogP contribution in [0.3, 0.4) is 0 Å². The first-order valence-electron chi connectivity index (χ1n) is 19.4. The highest BCUT2D eigenvalue weighted by Crippen LogP contribution is 2.55. The second-order valence-electron chi connectivity index (χ2n) is 16.2. The van der Waals surface area contributed by atoms with Crippen LogP contribution in [0.25, 0.3) is 55.6 Å². The highest BCUT2D eigenvalue weighted by Gasteiger charge is 2.38. The zero-order valence-corrected chi connectivity index (χ0v) is 31.8. The van der Waals surface area contributed by atoms with Gasteiger partial charge in [0, 0.05) is 27.9 Å². The largest absolute Gasteiger partial charge is 0.310 e. The van der Waals surface area contributed by atoms with Crippen molar-refractivity contribution >= 4 is 17.1 Å². The summed E-state index contributed by atoms with van der Waals surface area (Å²) in [7, 11) is 0. The molecule has 1 nitrogen and oxygen atoms in total. The summed E-state index contributed by atoms with van der Waals surface area (Å²) in [5, 5.41) is 0. The third-order valence-corrected chi connectivity index (χ3v) is 12.3. The average molecular weight is 706 g/mol. The molecule has 8 aromatic carbocycles. The lowest BCUT2D eigenvalue weighted by molar-refractivity contribution is 0.660. The van der Waals surface area contributed by atoms with E-state index in [1.807, 2.05) is 0 Å². The van der Waals surface area contributed by atoms with E-state index in [0.29, 0.717) is 0 Å². The number of fused-ring (bicyclic) bond motifs is 6. The minimum atomic E-state index is -0.111. The van der Waals surface area contributed by atoms with E-state index >= 15 is 0 Å². The Labute approximate surface area is 325 Å². The summed E-state index contributed by atoms with van der Waals surface area (Å²) in [5.74, 6) is 0. The monoisotopic (exact) mass is 705 g/mol. The second kappa shape index (κ2) is 12.6. The Morgan fingerprint density at radius 2 is 0.745 bits per heavy atom. The molecule has 0 spiro atoms. The molecule has 0 aliphatic heterocycles. The number of hydrogen-bond acceptors (Lipinski definition) is 1. The van der Waals surface area contributed by atoms with Crippen LogP contribution in [0.1, 0.15) is 49.9 Å². The van der Waals surface area contributed by atoms with Gasteiger partial charge < -0.3 is 4.90 Å². The van der Waals surface area contributed by atoms with Crippen molar-refractivity contribution in [3.8, 4) is 55.6 Å². The van der Waals surface area contributed by atoms with Gasteiger partial charge in [0.25, 0.3) is 0 Å². The maximum atomic E-state index is 2.46. The SMILES string of the molecule is CC1(C)c2ccccc2-c2ccc(N(c3ccc(-c4ccc(-c5ccccc5)cc4)cc3)c3ccc4c(c3)-c3c(-c5ccccc5)cccc3C4(C)C)cc21. The smallest absolute Gasteiger partial charge is 0.0468 e. The number of nitrogens with zero attached hydrogens (tertiary/aromatic N) is 1. The molecule has 1 heteroatoms. The van der Waals surface area contributed by atoms with Crippen LogP contribution >= 0.6 is 0 Å². The molecule has 0 amide bonds. The van der Waals surface area contributed by atoms with Gasteiger partial charge >= 0.3 is 0 Å². The summed E-state index contributed by atoms with van der Waals surface area (Å²) in [6, 6.07) is 69.4. The molecule has 0 bridgehead atoms. The van der Waals surface area contributed by atoms with Crippen molar-refractivity contribution in [2.24, 2.45) is 0 Å². The molecule has 55 heavy (non-hydrogen) atoms. The molecule has 8 aromatic rings. The second-order valence-corrected chi connectivity index (χ2v) is 16.2. The van der Waals surface area contributed by atoms with Gasteiger partial charge in [0.2, 0.25) is 0 Å². The number of benzene rings is 8. The van der Waals surface area contributed by atoms with E-state index in [4.69, 9.17) is 0 Å². The lowest BCUT2D eigenvalue weighted by Gasteiger charge is -2.29. The summed E-state index contributed by atoms with van der Waals surface area (Å²) in [6.07, 6.45) is 0. The molecule has 0 fully saturated rings. The molecule has 2 aliphatic carbocycles. The number of anilines is 3. The fourth-order valence-corrected chi connectivity index (χ4v) is 9.36. The first-order valence-corrected chi connectivity index (χ1v) is 19.4. The van der Waals surface area contributed by atoms with Crippen LogP contribution in [0.5, 0.6) is 0 Å². The highest BCUT2D eigenvalue weighted by atomic mass is 15.1. The molecular weight excluding hydrogens is 663 g/mol. The van der Waals surface area contributed by atoms with Crippen molar-refractivity contribution in [3.05, 3.63) is 210 Å².